The third-order valence-electron chi connectivity index (χ3n) is 1.41. The van der Waals surface area contributed by atoms with Crippen LogP contribution >= 0.6 is 0 Å². The summed E-state index contributed by atoms with van der Waals surface area (Å²) in [5.74, 6) is -0.213. The van der Waals surface area contributed by atoms with Crippen molar-refractivity contribution in [3.05, 3.63) is 0 Å². The van der Waals surface area contributed by atoms with Gasteiger partial charge in [-0.1, -0.05) is 6.92 Å². The van der Waals surface area contributed by atoms with Crippen LogP contribution in [0.2, 0.25) is 0 Å². The van der Waals surface area contributed by atoms with Gasteiger partial charge in [0.25, 0.3) is 0 Å². The highest BCUT2D eigenvalue weighted by atomic mass is 14.3. The molecule has 0 saturated heterocycles. The van der Waals surface area contributed by atoms with Crippen LogP contribution in [0.15, 0.2) is 0 Å². The lowest BCUT2D eigenvalue weighted by Crippen LogP contribution is -2.05. The van der Waals surface area contributed by atoms with Gasteiger partial charge in [-0.15, -0.1) is 0 Å². The van der Waals surface area contributed by atoms with Gasteiger partial charge in [0.1, 0.15) is 0 Å². The first-order valence-corrected chi connectivity index (χ1v) is 3.05. The molecule has 0 aliphatic heterocycles. The highest BCUT2D eigenvalue weighted by Crippen LogP contribution is 2.12. The van der Waals surface area contributed by atoms with E-state index in [9.17, 15) is 0 Å². The van der Waals surface area contributed by atoms with Crippen LogP contribution in [0.5, 0.6) is 0 Å². The molecule has 0 amide bonds. The van der Waals surface area contributed by atoms with E-state index in [0.29, 0.717) is 0 Å². The fourth-order valence-electron chi connectivity index (χ4n) is 0.647. The lowest BCUT2D eigenvalue weighted by Gasteiger charge is -2.04. The molecule has 0 fully saturated rings. The summed E-state index contributed by atoms with van der Waals surface area (Å²) in [5, 5.41) is 16.8. The summed E-state index contributed by atoms with van der Waals surface area (Å²) in [6.45, 7) is 3.69. The van der Waals surface area contributed by atoms with E-state index in [1.165, 1.54) is 0 Å². The number of hydrogen-bond acceptors (Lipinski definition) is 2. The molecule has 9 heavy (non-hydrogen) atoms. The van der Waals surface area contributed by atoms with Gasteiger partial charge in [0.15, 0.2) is 0 Å². The van der Waals surface area contributed by atoms with Crippen LogP contribution in [0.3, 0.4) is 0 Å². The van der Waals surface area contributed by atoms with Crippen molar-refractivity contribution in [2.75, 3.05) is 0 Å². The topological polar surface area (TPSA) is 47.6 Å². The molecule has 0 rings (SSSR count). The van der Waals surface area contributed by atoms with E-state index in [2.05, 4.69) is 6.07 Å². The second kappa shape index (κ2) is 3.92. The lowest BCUT2D eigenvalue weighted by atomic mass is 9.95. The van der Waals surface area contributed by atoms with Crippen LogP contribution in [-0.4, -0.2) is 0 Å². The monoisotopic (exact) mass is 122 g/mol. The largest absolute Gasteiger partial charge is 0.198 e. The molecule has 2 nitrogen and oxygen atoms in total. The summed E-state index contributed by atoms with van der Waals surface area (Å²) in [6, 6.07) is 4.12. The van der Waals surface area contributed by atoms with Crippen molar-refractivity contribution >= 4 is 0 Å². The molecule has 0 N–H and O–H groups in total. The van der Waals surface area contributed by atoms with Crippen molar-refractivity contribution in [1.82, 2.24) is 0 Å². The standard InChI is InChI=1S/C7H10N2/c1-3-7(5-9)6(2)4-8/h6-7H,3H2,1-2H3. The molecule has 0 aromatic rings. The number of nitrogens with zero attached hydrogens (tertiary/aromatic N) is 2. The van der Waals surface area contributed by atoms with E-state index in [-0.39, 0.29) is 11.8 Å². The Morgan fingerprint density at radius 2 is 1.89 bits per heavy atom. The van der Waals surface area contributed by atoms with E-state index in [4.69, 9.17) is 10.5 Å². The molecular weight excluding hydrogens is 112 g/mol. The second-order valence-electron chi connectivity index (χ2n) is 2.06. The predicted molar refractivity (Wildman–Crippen MR) is 34.2 cm³/mol. The average Bonchev–Trinajstić information content (AvgIpc) is 1.90. The maximum Gasteiger partial charge on any atom is 0.0669 e. The Morgan fingerprint density at radius 3 is 2.00 bits per heavy atom. The Bertz CT molecular complexity index is 149. The maximum absolute atomic E-state index is 8.43. The highest BCUT2D eigenvalue weighted by molar-refractivity contribution is 4.94. The smallest absolute Gasteiger partial charge is 0.0669 e. The summed E-state index contributed by atoms with van der Waals surface area (Å²) < 4.78 is 0. The van der Waals surface area contributed by atoms with E-state index in [0.717, 1.165) is 6.42 Å². The molecule has 0 heterocycles. The lowest BCUT2D eigenvalue weighted by molar-refractivity contribution is 0.518. The van der Waals surface area contributed by atoms with Gasteiger partial charge in [-0.05, 0) is 13.3 Å². The molecule has 0 spiro atoms. The summed E-state index contributed by atoms with van der Waals surface area (Å²) in [6.07, 6.45) is 0.769. The van der Waals surface area contributed by atoms with E-state index < -0.39 is 0 Å². The van der Waals surface area contributed by atoms with Crippen LogP contribution in [0.25, 0.3) is 0 Å². The molecule has 0 bridgehead atoms. The van der Waals surface area contributed by atoms with Gasteiger partial charge in [0.05, 0.1) is 24.0 Å². The van der Waals surface area contributed by atoms with Crippen molar-refractivity contribution in [2.45, 2.75) is 20.3 Å². The quantitative estimate of drug-likeness (QED) is 0.559. The average molecular weight is 122 g/mol. The second-order valence-corrected chi connectivity index (χ2v) is 2.06. The summed E-state index contributed by atoms with van der Waals surface area (Å²) in [4.78, 5) is 0. The zero-order valence-corrected chi connectivity index (χ0v) is 5.76. The number of nitriles is 2. The normalized spacial score (nSPS) is 15.1. The molecule has 0 aliphatic carbocycles. The van der Waals surface area contributed by atoms with Crippen molar-refractivity contribution in [3.63, 3.8) is 0 Å². The minimum Gasteiger partial charge on any atom is -0.198 e. The van der Waals surface area contributed by atoms with Gasteiger partial charge < -0.3 is 0 Å². The highest BCUT2D eigenvalue weighted by Gasteiger charge is 2.12. The fourth-order valence-corrected chi connectivity index (χ4v) is 0.647. The summed E-state index contributed by atoms with van der Waals surface area (Å²) >= 11 is 0. The Kier molecular flexibility index (Phi) is 3.48. The van der Waals surface area contributed by atoms with Gasteiger partial charge in [0, 0.05) is 0 Å². The maximum atomic E-state index is 8.43. The molecular formula is C7H10N2. The van der Waals surface area contributed by atoms with E-state index in [1.54, 1.807) is 6.92 Å². The van der Waals surface area contributed by atoms with Crippen LogP contribution in [0.1, 0.15) is 20.3 Å². The van der Waals surface area contributed by atoms with Crippen LogP contribution < -0.4 is 0 Å². The predicted octanol–water partition coefficient (Wildman–Crippen LogP) is 1.70. The zero-order valence-electron chi connectivity index (χ0n) is 5.76. The van der Waals surface area contributed by atoms with Gasteiger partial charge in [-0.3, -0.25) is 0 Å². The fraction of sp³-hybridized carbons (Fsp3) is 0.714. The molecule has 2 heteroatoms. The first-order valence-electron chi connectivity index (χ1n) is 3.05. The Labute approximate surface area is 55.7 Å². The first kappa shape index (κ1) is 7.98. The molecule has 0 saturated carbocycles. The summed E-state index contributed by atoms with van der Waals surface area (Å²) in [7, 11) is 0. The number of hydrogen-bond donors (Lipinski definition) is 0. The zero-order chi connectivity index (χ0) is 7.28. The molecule has 0 radical (unpaired) electrons. The minimum absolute atomic E-state index is 0.0880. The van der Waals surface area contributed by atoms with Crippen molar-refractivity contribution in [3.8, 4) is 12.1 Å². The molecule has 0 aromatic heterocycles. The van der Waals surface area contributed by atoms with Gasteiger partial charge in [0.2, 0.25) is 0 Å². The van der Waals surface area contributed by atoms with Gasteiger partial charge in [-0.2, -0.15) is 10.5 Å². The molecule has 2 unspecified atom stereocenters. The number of rotatable bonds is 2. The molecule has 48 valence electrons. The first-order chi connectivity index (χ1) is 4.26. The minimum atomic E-state index is -0.125. The van der Waals surface area contributed by atoms with Crippen molar-refractivity contribution in [1.29, 1.82) is 10.5 Å². The SMILES string of the molecule is CCC(C#N)C(C)C#N. The molecule has 0 aromatic carbocycles. The molecule has 2 atom stereocenters. The summed E-state index contributed by atoms with van der Waals surface area (Å²) in [5.41, 5.74) is 0. The Morgan fingerprint density at radius 1 is 1.33 bits per heavy atom. The third kappa shape index (κ3) is 2.15. The van der Waals surface area contributed by atoms with Crippen LogP contribution in [-0.2, 0) is 0 Å². The van der Waals surface area contributed by atoms with Gasteiger partial charge in [-0.25, -0.2) is 0 Å². The van der Waals surface area contributed by atoms with Gasteiger partial charge >= 0.3 is 0 Å². The van der Waals surface area contributed by atoms with Crippen LogP contribution in [0.4, 0.5) is 0 Å². The Balaban J connectivity index is 3.87. The van der Waals surface area contributed by atoms with Crippen molar-refractivity contribution in [2.24, 2.45) is 11.8 Å². The molecule has 0 aliphatic rings. The van der Waals surface area contributed by atoms with Crippen molar-refractivity contribution < 1.29 is 0 Å². The third-order valence-corrected chi connectivity index (χ3v) is 1.41. The van der Waals surface area contributed by atoms with E-state index in [1.807, 2.05) is 13.0 Å². The Hall–Kier alpha value is -1.02. The van der Waals surface area contributed by atoms with E-state index >= 15 is 0 Å². The van der Waals surface area contributed by atoms with Crippen LogP contribution in [0, 0.1) is 34.5 Å².